The van der Waals surface area contributed by atoms with E-state index in [-0.39, 0.29) is 11.9 Å². The molecule has 2 heterocycles. The highest BCUT2D eigenvalue weighted by molar-refractivity contribution is 8.00. The van der Waals surface area contributed by atoms with Crippen LogP contribution in [-0.4, -0.2) is 61.5 Å². The number of thioether (sulfide) groups is 1. The van der Waals surface area contributed by atoms with Crippen molar-refractivity contribution in [1.29, 1.82) is 0 Å². The molecule has 2 rings (SSSR count). The standard InChI is InChI=1S/C10H18N2O3S2/c1-17(14,15)9-7-16-6-5-12(9)10(13)8-3-2-4-11-8/h8-9,11H,2-7H2,1H3/t8-,9?/m0/s1. The van der Waals surface area contributed by atoms with Crippen molar-refractivity contribution in [3.05, 3.63) is 0 Å². The summed E-state index contributed by atoms with van der Waals surface area (Å²) in [4.78, 5) is 13.8. The van der Waals surface area contributed by atoms with Crippen LogP contribution in [-0.2, 0) is 14.6 Å². The van der Waals surface area contributed by atoms with Gasteiger partial charge in [-0.2, -0.15) is 11.8 Å². The molecule has 1 unspecified atom stereocenters. The number of sulfone groups is 1. The average Bonchev–Trinajstić information content (AvgIpc) is 2.80. The molecule has 2 saturated heterocycles. The van der Waals surface area contributed by atoms with E-state index in [1.54, 1.807) is 16.7 Å². The van der Waals surface area contributed by atoms with Crippen molar-refractivity contribution in [3.8, 4) is 0 Å². The van der Waals surface area contributed by atoms with E-state index in [1.807, 2.05) is 0 Å². The Morgan fingerprint density at radius 1 is 1.47 bits per heavy atom. The number of carbonyl (C=O) groups excluding carboxylic acids is 1. The third-order valence-corrected chi connectivity index (χ3v) is 5.86. The lowest BCUT2D eigenvalue weighted by Gasteiger charge is -2.35. The number of nitrogens with zero attached hydrogens (tertiary/aromatic N) is 1. The fourth-order valence-electron chi connectivity index (χ4n) is 2.28. The lowest BCUT2D eigenvalue weighted by molar-refractivity contribution is -0.133. The molecule has 1 N–H and O–H groups in total. The number of hydrogen-bond acceptors (Lipinski definition) is 5. The summed E-state index contributed by atoms with van der Waals surface area (Å²) in [6.45, 7) is 1.39. The maximum atomic E-state index is 12.2. The van der Waals surface area contributed by atoms with Crippen molar-refractivity contribution >= 4 is 27.5 Å². The van der Waals surface area contributed by atoms with Gasteiger partial charge in [-0.05, 0) is 19.4 Å². The molecular weight excluding hydrogens is 260 g/mol. The van der Waals surface area contributed by atoms with Gasteiger partial charge < -0.3 is 10.2 Å². The van der Waals surface area contributed by atoms with Crippen LogP contribution in [0, 0.1) is 0 Å². The molecule has 2 aliphatic rings. The first-order chi connectivity index (χ1) is 8.00. The first-order valence-electron chi connectivity index (χ1n) is 5.80. The molecule has 0 spiro atoms. The molecule has 5 nitrogen and oxygen atoms in total. The minimum Gasteiger partial charge on any atom is -0.323 e. The highest BCUT2D eigenvalue weighted by Crippen LogP contribution is 2.22. The molecule has 0 bridgehead atoms. The van der Waals surface area contributed by atoms with Crippen molar-refractivity contribution in [1.82, 2.24) is 10.2 Å². The molecule has 2 fully saturated rings. The maximum absolute atomic E-state index is 12.2. The summed E-state index contributed by atoms with van der Waals surface area (Å²) in [5.74, 6) is 1.28. The van der Waals surface area contributed by atoms with Gasteiger partial charge in [0.1, 0.15) is 5.37 Å². The zero-order chi connectivity index (χ0) is 12.5. The van der Waals surface area contributed by atoms with Crippen LogP contribution in [0.15, 0.2) is 0 Å². The van der Waals surface area contributed by atoms with Gasteiger partial charge >= 0.3 is 0 Å². The van der Waals surface area contributed by atoms with Crippen LogP contribution in [0.2, 0.25) is 0 Å². The quantitative estimate of drug-likeness (QED) is 0.750. The largest absolute Gasteiger partial charge is 0.323 e. The van der Waals surface area contributed by atoms with Gasteiger partial charge in [0.05, 0.1) is 6.04 Å². The Labute approximate surface area is 106 Å². The smallest absolute Gasteiger partial charge is 0.240 e. The number of carbonyl (C=O) groups is 1. The molecule has 2 atom stereocenters. The van der Waals surface area contributed by atoms with Crippen molar-refractivity contribution in [2.24, 2.45) is 0 Å². The number of rotatable bonds is 2. The third kappa shape index (κ3) is 2.95. The Kier molecular flexibility index (Phi) is 3.99. The number of nitrogens with one attached hydrogen (secondary N) is 1. The predicted molar refractivity (Wildman–Crippen MR) is 68.7 cm³/mol. The van der Waals surface area contributed by atoms with Gasteiger partial charge in [0.25, 0.3) is 0 Å². The molecule has 1 amide bonds. The summed E-state index contributed by atoms with van der Waals surface area (Å²) in [5, 5.41) is 2.49. The molecule has 0 aromatic carbocycles. The van der Waals surface area contributed by atoms with Gasteiger partial charge in [-0.15, -0.1) is 0 Å². The van der Waals surface area contributed by atoms with E-state index < -0.39 is 15.2 Å². The van der Waals surface area contributed by atoms with Gasteiger partial charge in [0.2, 0.25) is 5.91 Å². The second kappa shape index (κ2) is 5.16. The fourth-order valence-corrected chi connectivity index (χ4v) is 5.11. The Morgan fingerprint density at radius 2 is 2.24 bits per heavy atom. The minimum absolute atomic E-state index is 0.0433. The van der Waals surface area contributed by atoms with Gasteiger partial charge in [-0.3, -0.25) is 4.79 Å². The monoisotopic (exact) mass is 278 g/mol. The predicted octanol–water partition coefficient (Wildman–Crippen LogP) is -0.315. The molecule has 98 valence electrons. The number of hydrogen-bond donors (Lipinski definition) is 1. The van der Waals surface area contributed by atoms with Crippen LogP contribution in [0.1, 0.15) is 12.8 Å². The molecule has 0 saturated carbocycles. The van der Waals surface area contributed by atoms with E-state index in [0.29, 0.717) is 12.3 Å². The summed E-state index contributed by atoms with van der Waals surface area (Å²) < 4.78 is 23.4. The summed E-state index contributed by atoms with van der Waals surface area (Å²) in [5.41, 5.74) is 0. The van der Waals surface area contributed by atoms with Gasteiger partial charge in [0, 0.05) is 24.3 Å². The van der Waals surface area contributed by atoms with E-state index >= 15 is 0 Å². The van der Waals surface area contributed by atoms with Gasteiger partial charge in [-0.25, -0.2) is 8.42 Å². The van der Waals surface area contributed by atoms with E-state index in [1.165, 1.54) is 6.26 Å². The van der Waals surface area contributed by atoms with Gasteiger partial charge in [0.15, 0.2) is 9.84 Å². The van der Waals surface area contributed by atoms with Crippen molar-refractivity contribution < 1.29 is 13.2 Å². The van der Waals surface area contributed by atoms with Crippen molar-refractivity contribution in [2.45, 2.75) is 24.3 Å². The summed E-state index contributed by atoms with van der Waals surface area (Å²) in [6.07, 6.45) is 3.02. The van der Waals surface area contributed by atoms with Crippen molar-refractivity contribution in [3.63, 3.8) is 0 Å². The lowest BCUT2D eigenvalue weighted by Crippen LogP contribution is -2.54. The Bertz CT molecular complexity index is 390. The first kappa shape index (κ1) is 13.2. The lowest BCUT2D eigenvalue weighted by atomic mass is 10.2. The van der Waals surface area contributed by atoms with Crippen LogP contribution >= 0.6 is 11.8 Å². The van der Waals surface area contributed by atoms with Crippen LogP contribution in [0.3, 0.4) is 0 Å². The molecule has 0 aromatic heterocycles. The second-order valence-electron chi connectivity index (χ2n) is 4.54. The normalized spacial score (nSPS) is 30.5. The third-order valence-electron chi connectivity index (χ3n) is 3.22. The summed E-state index contributed by atoms with van der Waals surface area (Å²) >= 11 is 1.60. The van der Waals surface area contributed by atoms with Crippen molar-refractivity contribution in [2.75, 3.05) is 30.9 Å². The maximum Gasteiger partial charge on any atom is 0.240 e. The highest BCUT2D eigenvalue weighted by Gasteiger charge is 2.37. The SMILES string of the molecule is CS(=O)(=O)C1CSCCN1C(=O)[C@@H]1CCCN1. The summed E-state index contributed by atoms with van der Waals surface area (Å²) in [7, 11) is -3.19. The Morgan fingerprint density at radius 3 is 2.82 bits per heavy atom. The molecular formula is C10H18N2O3S2. The van der Waals surface area contributed by atoms with Crippen LogP contribution < -0.4 is 5.32 Å². The molecule has 7 heteroatoms. The fraction of sp³-hybridized carbons (Fsp3) is 0.900. The minimum atomic E-state index is -3.19. The molecule has 2 aliphatic heterocycles. The van der Waals surface area contributed by atoms with E-state index in [9.17, 15) is 13.2 Å². The van der Waals surface area contributed by atoms with Crippen LogP contribution in [0.5, 0.6) is 0 Å². The molecule has 0 aliphatic carbocycles. The zero-order valence-corrected chi connectivity index (χ0v) is 11.5. The second-order valence-corrected chi connectivity index (χ2v) is 7.89. The average molecular weight is 278 g/mol. The highest BCUT2D eigenvalue weighted by atomic mass is 32.2. The summed E-state index contributed by atoms with van der Waals surface area (Å²) in [6, 6.07) is -0.178. The van der Waals surface area contributed by atoms with E-state index in [0.717, 1.165) is 25.1 Å². The van der Waals surface area contributed by atoms with E-state index in [2.05, 4.69) is 5.32 Å². The van der Waals surface area contributed by atoms with Crippen LogP contribution in [0.4, 0.5) is 0 Å². The molecule has 17 heavy (non-hydrogen) atoms. The Balaban J connectivity index is 2.13. The number of amides is 1. The topological polar surface area (TPSA) is 66.5 Å². The van der Waals surface area contributed by atoms with E-state index in [4.69, 9.17) is 0 Å². The molecule has 0 radical (unpaired) electrons. The molecule has 0 aromatic rings. The first-order valence-corrected chi connectivity index (χ1v) is 8.91. The Hall–Kier alpha value is -0.270. The van der Waals surface area contributed by atoms with Gasteiger partial charge in [-0.1, -0.05) is 0 Å². The van der Waals surface area contributed by atoms with Crippen LogP contribution in [0.25, 0.3) is 0 Å². The zero-order valence-electron chi connectivity index (χ0n) is 9.89.